The summed E-state index contributed by atoms with van der Waals surface area (Å²) in [6.45, 7) is 5.19. The molecule has 0 radical (unpaired) electrons. The van der Waals surface area contributed by atoms with Crippen molar-refractivity contribution in [1.82, 2.24) is 10.1 Å². The van der Waals surface area contributed by atoms with E-state index in [0.29, 0.717) is 23.7 Å². The molecule has 1 aliphatic heterocycles. The summed E-state index contributed by atoms with van der Waals surface area (Å²) in [5, 5.41) is 14.9. The van der Waals surface area contributed by atoms with Gasteiger partial charge in [-0.2, -0.15) is 0 Å². The second-order valence-corrected chi connectivity index (χ2v) is 8.14. The SMILES string of the molecule is COc1cc(C(C)O)ccc1OCCCN1CCCC(c2noc3cc(F)ccc23)C1. The van der Waals surface area contributed by atoms with Crippen molar-refractivity contribution < 1.29 is 23.5 Å². The normalized spacial score (nSPS) is 18.3. The Morgan fingerprint density at radius 3 is 2.94 bits per heavy atom. The molecule has 3 aromatic rings. The molecule has 1 fully saturated rings. The Labute approximate surface area is 181 Å². The van der Waals surface area contributed by atoms with E-state index in [1.807, 2.05) is 18.2 Å². The molecule has 7 heteroatoms. The van der Waals surface area contributed by atoms with Gasteiger partial charge in [-0.3, -0.25) is 0 Å². The van der Waals surface area contributed by atoms with Crippen LogP contribution in [0.5, 0.6) is 11.5 Å². The highest BCUT2D eigenvalue weighted by Gasteiger charge is 2.25. The molecule has 0 amide bonds. The molecule has 1 aliphatic rings. The fraction of sp³-hybridized carbons (Fsp3) is 0.458. The zero-order valence-corrected chi connectivity index (χ0v) is 18.0. The van der Waals surface area contributed by atoms with E-state index in [0.717, 1.165) is 55.5 Å². The van der Waals surface area contributed by atoms with Gasteiger partial charge in [-0.25, -0.2) is 4.39 Å². The summed E-state index contributed by atoms with van der Waals surface area (Å²) in [4.78, 5) is 2.43. The maximum Gasteiger partial charge on any atom is 0.170 e. The largest absolute Gasteiger partial charge is 0.493 e. The number of aliphatic hydroxyl groups is 1. The maximum atomic E-state index is 13.4. The molecule has 166 valence electrons. The van der Waals surface area contributed by atoms with Crippen LogP contribution in [0.2, 0.25) is 0 Å². The van der Waals surface area contributed by atoms with Gasteiger partial charge in [0.05, 0.1) is 25.5 Å². The zero-order valence-electron chi connectivity index (χ0n) is 18.0. The number of piperidine rings is 1. The van der Waals surface area contributed by atoms with E-state index < -0.39 is 6.10 Å². The second kappa shape index (κ2) is 9.66. The van der Waals surface area contributed by atoms with Crippen molar-refractivity contribution in [2.75, 3.05) is 33.4 Å². The Kier molecular flexibility index (Phi) is 6.73. The van der Waals surface area contributed by atoms with Crippen LogP contribution >= 0.6 is 0 Å². The van der Waals surface area contributed by atoms with E-state index >= 15 is 0 Å². The van der Waals surface area contributed by atoms with Crippen LogP contribution in [0.1, 0.15) is 49.5 Å². The number of hydrogen-bond acceptors (Lipinski definition) is 6. The Morgan fingerprint density at radius 1 is 1.26 bits per heavy atom. The summed E-state index contributed by atoms with van der Waals surface area (Å²) in [6.07, 6.45) is 2.49. The molecule has 0 aliphatic carbocycles. The van der Waals surface area contributed by atoms with Crippen LogP contribution in [0.15, 0.2) is 40.9 Å². The Bertz CT molecular complexity index is 1020. The number of halogens is 1. The molecule has 2 atom stereocenters. The molecule has 1 aromatic heterocycles. The fourth-order valence-corrected chi connectivity index (χ4v) is 4.24. The number of ether oxygens (including phenoxy) is 2. The number of rotatable bonds is 8. The van der Waals surface area contributed by atoms with Crippen LogP contribution in [0.4, 0.5) is 4.39 Å². The highest BCUT2D eigenvalue weighted by molar-refractivity contribution is 5.79. The van der Waals surface area contributed by atoms with Crippen molar-refractivity contribution in [3.05, 3.63) is 53.5 Å². The van der Waals surface area contributed by atoms with Gasteiger partial charge >= 0.3 is 0 Å². The number of nitrogens with zero attached hydrogens (tertiary/aromatic N) is 2. The van der Waals surface area contributed by atoms with Crippen LogP contribution in [-0.2, 0) is 0 Å². The minimum Gasteiger partial charge on any atom is -0.493 e. The van der Waals surface area contributed by atoms with Crippen LogP contribution in [0.3, 0.4) is 0 Å². The molecule has 2 unspecified atom stereocenters. The first kappa shape index (κ1) is 21.6. The smallest absolute Gasteiger partial charge is 0.170 e. The third-order valence-corrected chi connectivity index (χ3v) is 5.90. The lowest BCUT2D eigenvalue weighted by molar-refractivity contribution is 0.185. The molecule has 4 rings (SSSR count). The van der Waals surface area contributed by atoms with Crippen molar-refractivity contribution in [3.63, 3.8) is 0 Å². The van der Waals surface area contributed by atoms with E-state index in [1.54, 1.807) is 20.1 Å². The third kappa shape index (κ3) is 4.99. The van der Waals surface area contributed by atoms with E-state index in [4.69, 9.17) is 14.0 Å². The van der Waals surface area contributed by atoms with Gasteiger partial charge in [-0.05, 0) is 62.6 Å². The average Bonchev–Trinajstić information content (AvgIpc) is 3.20. The minimum atomic E-state index is -0.546. The highest BCUT2D eigenvalue weighted by atomic mass is 19.1. The van der Waals surface area contributed by atoms with E-state index in [9.17, 15) is 9.50 Å². The quantitative estimate of drug-likeness (QED) is 0.526. The Balaban J connectivity index is 1.30. The van der Waals surface area contributed by atoms with Crippen LogP contribution in [0, 0.1) is 5.82 Å². The first-order valence-corrected chi connectivity index (χ1v) is 10.8. The van der Waals surface area contributed by atoms with E-state index in [-0.39, 0.29) is 11.7 Å². The molecular weight excluding hydrogens is 399 g/mol. The molecule has 0 spiro atoms. The summed E-state index contributed by atoms with van der Waals surface area (Å²) in [5.74, 6) is 1.29. The standard InChI is InChI=1S/C24H29FN2O4/c1-16(28)17-6-9-21(23(13-17)29-2)30-12-4-11-27-10-3-5-18(15-27)24-20-8-7-19(25)14-22(20)31-26-24/h6-9,13-14,16,18,28H,3-5,10-12,15H2,1-2H3. The van der Waals surface area contributed by atoms with Gasteiger partial charge in [0.1, 0.15) is 5.82 Å². The molecule has 6 nitrogen and oxygen atoms in total. The van der Waals surface area contributed by atoms with Gasteiger partial charge in [0, 0.05) is 30.5 Å². The summed E-state index contributed by atoms with van der Waals surface area (Å²) >= 11 is 0. The molecule has 1 saturated heterocycles. The molecular formula is C24H29FN2O4. The summed E-state index contributed by atoms with van der Waals surface area (Å²) in [6, 6.07) is 10.1. The van der Waals surface area contributed by atoms with Gasteiger partial charge in [0.25, 0.3) is 0 Å². The molecule has 2 heterocycles. The van der Waals surface area contributed by atoms with Crippen molar-refractivity contribution in [1.29, 1.82) is 0 Å². The monoisotopic (exact) mass is 428 g/mol. The van der Waals surface area contributed by atoms with Gasteiger partial charge in [0.2, 0.25) is 0 Å². The van der Waals surface area contributed by atoms with Crippen molar-refractivity contribution in [2.45, 2.75) is 38.2 Å². The lowest BCUT2D eigenvalue weighted by Crippen LogP contribution is -2.35. The molecule has 0 bridgehead atoms. The van der Waals surface area contributed by atoms with Gasteiger partial charge in [-0.1, -0.05) is 11.2 Å². The lowest BCUT2D eigenvalue weighted by Gasteiger charge is -2.31. The van der Waals surface area contributed by atoms with E-state index in [2.05, 4.69) is 10.1 Å². The summed E-state index contributed by atoms with van der Waals surface area (Å²) < 4.78 is 30.1. The molecule has 0 saturated carbocycles. The van der Waals surface area contributed by atoms with Crippen LogP contribution in [0.25, 0.3) is 11.0 Å². The number of aliphatic hydroxyl groups excluding tert-OH is 1. The maximum absolute atomic E-state index is 13.4. The van der Waals surface area contributed by atoms with Gasteiger partial charge < -0.3 is 24.0 Å². The van der Waals surface area contributed by atoms with Crippen molar-refractivity contribution in [2.24, 2.45) is 0 Å². The molecule has 1 N–H and O–H groups in total. The number of aromatic nitrogens is 1. The van der Waals surface area contributed by atoms with Crippen LogP contribution in [-0.4, -0.2) is 48.5 Å². The van der Waals surface area contributed by atoms with Crippen LogP contribution < -0.4 is 9.47 Å². The number of hydrogen-bond donors (Lipinski definition) is 1. The average molecular weight is 429 g/mol. The Hall–Kier alpha value is -2.64. The molecule has 2 aromatic carbocycles. The fourth-order valence-electron chi connectivity index (χ4n) is 4.24. The zero-order chi connectivity index (χ0) is 21.8. The van der Waals surface area contributed by atoms with Gasteiger partial charge in [0.15, 0.2) is 17.1 Å². The number of benzene rings is 2. The van der Waals surface area contributed by atoms with E-state index in [1.165, 1.54) is 12.1 Å². The highest BCUT2D eigenvalue weighted by Crippen LogP contribution is 2.32. The number of methoxy groups -OCH3 is 1. The summed E-state index contributed by atoms with van der Waals surface area (Å²) in [7, 11) is 1.60. The topological polar surface area (TPSA) is 68.0 Å². The third-order valence-electron chi connectivity index (χ3n) is 5.90. The number of fused-ring (bicyclic) bond motifs is 1. The second-order valence-electron chi connectivity index (χ2n) is 8.14. The first-order chi connectivity index (χ1) is 15.0. The lowest BCUT2D eigenvalue weighted by atomic mass is 9.92. The van der Waals surface area contributed by atoms with Gasteiger partial charge in [-0.15, -0.1) is 0 Å². The number of likely N-dealkylation sites (tertiary alicyclic amines) is 1. The first-order valence-electron chi connectivity index (χ1n) is 10.8. The predicted molar refractivity (Wildman–Crippen MR) is 116 cm³/mol. The predicted octanol–water partition coefficient (Wildman–Crippen LogP) is 4.68. The Morgan fingerprint density at radius 2 is 2.13 bits per heavy atom. The molecule has 31 heavy (non-hydrogen) atoms. The summed E-state index contributed by atoms with van der Waals surface area (Å²) in [5.41, 5.74) is 2.24. The van der Waals surface area contributed by atoms with Crippen molar-refractivity contribution >= 4 is 11.0 Å². The minimum absolute atomic E-state index is 0.287. The van der Waals surface area contributed by atoms with Crippen molar-refractivity contribution in [3.8, 4) is 11.5 Å².